The van der Waals surface area contributed by atoms with Gasteiger partial charge >= 0.3 is 6.18 Å². The molecule has 0 aliphatic carbocycles. The molecule has 2 rings (SSSR count). The Bertz CT molecular complexity index is 617. The second-order valence-corrected chi connectivity index (χ2v) is 3.79. The number of nitro groups is 1. The van der Waals surface area contributed by atoms with Crippen LogP contribution in [0.25, 0.3) is 0 Å². The van der Waals surface area contributed by atoms with Gasteiger partial charge in [0.25, 0.3) is 0 Å². The zero-order valence-electron chi connectivity index (χ0n) is 9.91. The van der Waals surface area contributed by atoms with Gasteiger partial charge in [0.2, 0.25) is 0 Å². The van der Waals surface area contributed by atoms with Gasteiger partial charge in [0.05, 0.1) is 5.56 Å². The molecule has 0 spiro atoms. The van der Waals surface area contributed by atoms with Crippen LogP contribution in [-0.2, 0) is 6.18 Å². The molecule has 1 aromatic carbocycles. The Kier molecular flexibility index (Phi) is 3.55. The first-order valence-corrected chi connectivity index (χ1v) is 5.42. The highest BCUT2D eigenvalue weighted by Crippen LogP contribution is 2.33. The van der Waals surface area contributed by atoms with E-state index in [1.165, 1.54) is 24.4 Å². The molecule has 0 unspecified atom stereocenters. The van der Waals surface area contributed by atoms with Crippen LogP contribution in [-0.4, -0.2) is 10.0 Å². The summed E-state index contributed by atoms with van der Waals surface area (Å²) in [7, 11) is 0. The predicted molar refractivity (Wildman–Crippen MR) is 64.8 cm³/mol. The quantitative estimate of drug-likeness (QED) is 0.639. The van der Waals surface area contributed by atoms with Crippen molar-refractivity contribution in [2.45, 2.75) is 6.18 Å². The molecular formula is C12H8F3N3O2. The number of hydrazine groups is 1. The van der Waals surface area contributed by atoms with Crippen LogP contribution in [0.5, 0.6) is 0 Å². The summed E-state index contributed by atoms with van der Waals surface area (Å²) < 4.78 is 37.9. The predicted octanol–water partition coefficient (Wildman–Crippen LogP) is 3.43. The third-order valence-electron chi connectivity index (χ3n) is 2.45. The molecule has 0 atom stereocenters. The van der Waals surface area contributed by atoms with E-state index < -0.39 is 16.8 Å². The molecule has 0 fully saturated rings. The van der Waals surface area contributed by atoms with Crippen molar-refractivity contribution in [3.8, 4) is 0 Å². The summed E-state index contributed by atoms with van der Waals surface area (Å²) in [6.45, 7) is 0. The summed E-state index contributed by atoms with van der Waals surface area (Å²) in [6.07, 6.45) is -3.25. The average Bonchev–Trinajstić information content (AvgIpc) is 2.39. The Morgan fingerprint density at radius 1 is 1.15 bits per heavy atom. The number of alkyl halides is 3. The van der Waals surface area contributed by atoms with E-state index >= 15 is 0 Å². The number of nitrogens with zero attached hydrogens (tertiary/aromatic N) is 3. The molecule has 2 aromatic rings. The summed E-state index contributed by atoms with van der Waals surface area (Å²) in [5.41, 5.74) is -1.18. The van der Waals surface area contributed by atoms with E-state index in [4.69, 9.17) is 0 Å². The van der Waals surface area contributed by atoms with Gasteiger partial charge in [-0.25, -0.2) is 15.1 Å². The van der Waals surface area contributed by atoms with Crippen molar-refractivity contribution in [1.82, 2.24) is 4.98 Å². The summed E-state index contributed by atoms with van der Waals surface area (Å²) in [6, 6.07) is 8.27. The third kappa shape index (κ3) is 2.85. The van der Waals surface area contributed by atoms with Gasteiger partial charge < -0.3 is 0 Å². The van der Waals surface area contributed by atoms with E-state index in [9.17, 15) is 23.3 Å². The Morgan fingerprint density at radius 2 is 1.90 bits per heavy atom. The van der Waals surface area contributed by atoms with Crippen molar-refractivity contribution in [2.75, 3.05) is 5.01 Å². The molecule has 1 aromatic heterocycles. The van der Waals surface area contributed by atoms with Crippen LogP contribution in [0.3, 0.4) is 0 Å². The van der Waals surface area contributed by atoms with Gasteiger partial charge in [0, 0.05) is 6.20 Å². The van der Waals surface area contributed by atoms with Crippen molar-refractivity contribution in [3.05, 3.63) is 64.3 Å². The number of hydrogen-bond acceptors (Lipinski definition) is 3. The number of anilines is 2. The molecule has 8 heteroatoms. The van der Waals surface area contributed by atoms with Crippen LogP contribution in [0.15, 0.2) is 48.7 Å². The first kappa shape index (κ1) is 13.8. The molecule has 104 valence electrons. The first-order chi connectivity index (χ1) is 9.39. The Morgan fingerprint density at radius 3 is 2.45 bits per heavy atom. The lowest BCUT2D eigenvalue weighted by molar-refractivity contribution is -0.483. The average molecular weight is 283 g/mol. The molecule has 0 saturated carbocycles. The number of rotatable bonds is 3. The zero-order valence-corrected chi connectivity index (χ0v) is 9.91. The third-order valence-corrected chi connectivity index (χ3v) is 2.45. The minimum atomic E-state index is -4.57. The van der Waals surface area contributed by atoms with Crippen LogP contribution in [0.1, 0.15) is 5.56 Å². The van der Waals surface area contributed by atoms with E-state index in [2.05, 4.69) is 4.98 Å². The van der Waals surface area contributed by atoms with Crippen LogP contribution in [0, 0.1) is 10.1 Å². The van der Waals surface area contributed by atoms with Gasteiger partial charge in [-0.3, -0.25) is 0 Å². The monoisotopic (exact) mass is 283 g/mol. The van der Waals surface area contributed by atoms with Gasteiger partial charge in [0.1, 0.15) is 5.69 Å². The first-order valence-electron chi connectivity index (χ1n) is 5.42. The van der Waals surface area contributed by atoms with Crippen LogP contribution in [0.2, 0.25) is 0 Å². The standard InChI is InChI=1S/C12H8F3N3O2/c13-12(14,15)9-4-3-5-10(8-9)17(18(19)20)11-6-1-2-7-16-11/h1-8H. The number of benzene rings is 1. The fourth-order valence-corrected chi connectivity index (χ4v) is 1.60. The molecule has 1 heterocycles. The number of halogens is 3. The van der Waals surface area contributed by atoms with Gasteiger partial charge in [-0.1, -0.05) is 12.1 Å². The molecule has 0 bridgehead atoms. The van der Waals surface area contributed by atoms with Crippen LogP contribution < -0.4 is 5.01 Å². The number of pyridine rings is 1. The highest BCUT2D eigenvalue weighted by atomic mass is 19.4. The van der Waals surface area contributed by atoms with Crippen molar-refractivity contribution in [3.63, 3.8) is 0 Å². The SMILES string of the molecule is O=[N+]([O-])N(c1cccc(C(F)(F)F)c1)c1ccccn1. The van der Waals surface area contributed by atoms with E-state index in [1.54, 1.807) is 6.07 Å². The second kappa shape index (κ2) is 5.16. The maximum atomic E-state index is 12.6. The Balaban J connectivity index is 2.49. The molecule has 0 aliphatic heterocycles. The van der Waals surface area contributed by atoms with E-state index in [0.29, 0.717) is 11.1 Å². The van der Waals surface area contributed by atoms with Crippen molar-refractivity contribution < 1.29 is 18.2 Å². The summed E-state index contributed by atoms with van der Waals surface area (Å²) in [5.74, 6) is -0.0724. The van der Waals surface area contributed by atoms with E-state index in [1.807, 2.05) is 0 Å². The second-order valence-electron chi connectivity index (χ2n) is 3.79. The molecule has 0 radical (unpaired) electrons. The maximum Gasteiger partial charge on any atom is 0.416 e. The lowest BCUT2D eigenvalue weighted by atomic mass is 10.2. The van der Waals surface area contributed by atoms with E-state index in [-0.39, 0.29) is 11.5 Å². The zero-order chi connectivity index (χ0) is 14.8. The Labute approximate surface area is 111 Å². The summed E-state index contributed by atoms with van der Waals surface area (Å²) in [5, 5.41) is 10.7. The lowest BCUT2D eigenvalue weighted by Crippen LogP contribution is -2.25. The summed E-state index contributed by atoms with van der Waals surface area (Å²) in [4.78, 5) is 14.8. The molecule has 5 nitrogen and oxygen atoms in total. The van der Waals surface area contributed by atoms with E-state index in [0.717, 1.165) is 12.1 Å². The fourth-order valence-electron chi connectivity index (χ4n) is 1.60. The number of aromatic nitrogens is 1. The largest absolute Gasteiger partial charge is 0.416 e. The fraction of sp³-hybridized carbons (Fsp3) is 0.0833. The summed E-state index contributed by atoms with van der Waals surface area (Å²) >= 11 is 0. The van der Waals surface area contributed by atoms with Gasteiger partial charge in [-0.15, -0.1) is 0 Å². The van der Waals surface area contributed by atoms with Gasteiger partial charge in [-0.05, 0) is 35.3 Å². The molecular weight excluding hydrogens is 275 g/mol. The normalized spacial score (nSPS) is 11.2. The smallest absolute Gasteiger partial charge is 0.234 e. The number of hydrogen-bond donors (Lipinski definition) is 0. The van der Waals surface area contributed by atoms with Crippen molar-refractivity contribution in [2.24, 2.45) is 0 Å². The van der Waals surface area contributed by atoms with Crippen LogP contribution >= 0.6 is 0 Å². The molecule has 0 amide bonds. The minimum Gasteiger partial charge on any atom is -0.234 e. The van der Waals surface area contributed by atoms with Crippen molar-refractivity contribution >= 4 is 11.5 Å². The Hall–Kier alpha value is -2.64. The molecule has 0 aliphatic rings. The minimum absolute atomic E-state index is 0.0724. The van der Waals surface area contributed by atoms with Crippen LogP contribution in [0.4, 0.5) is 24.7 Å². The molecule has 0 N–H and O–H groups in total. The van der Waals surface area contributed by atoms with Crippen molar-refractivity contribution in [1.29, 1.82) is 0 Å². The highest BCUT2D eigenvalue weighted by molar-refractivity contribution is 5.57. The molecule has 0 saturated heterocycles. The highest BCUT2D eigenvalue weighted by Gasteiger charge is 2.32. The van der Waals surface area contributed by atoms with Gasteiger partial charge in [0.15, 0.2) is 10.9 Å². The maximum absolute atomic E-state index is 12.6. The van der Waals surface area contributed by atoms with Gasteiger partial charge in [-0.2, -0.15) is 13.2 Å². The molecule has 20 heavy (non-hydrogen) atoms. The lowest BCUT2D eigenvalue weighted by Gasteiger charge is -2.14. The topological polar surface area (TPSA) is 59.3 Å².